The minimum Gasteiger partial charge on any atom is -0.491 e. The molecule has 0 radical (unpaired) electrons. The lowest BCUT2D eigenvalue weighted by atomic mass is 9.97. The largest absolute Gasteiger partial charge is 0.491 e. The number of rotatable bonds is 4. The molecule has 0 spiro atoms. The fourth-order valence-electron chi connectivity index (χ4n) is 3.54. The van der Waals surface area contributed by atoms with Crippen LogP contribution >= 0.6 is 0 Å². The minimum atomic E-state index is -0.0896. The van der Waals surface area contributed by atoms with Crippen LogP contribution in [0.5, 0.6) is 5.75 Å². The van der Waals surface area contributed by atoms with Crippen molar-refractivity contribution in [3.05, 3.63) is 58.4 Å². The Hall–Kier alpha value is -2.67. The van der Waals surface area contributed by atoms with E-state index in [1.54, 1.807) is 12.3 Å². The highest BCUT2D eigenvalue weighted by Crippen LogP contribution is 2.26. The van der Waals surface area contributed by atoms with Crippen LogP contribution in [0, 0.1) is 0 Å². The minimum absolute atomic E-state index is 0.0896. The average Bonchev–Trinajstić information content (AvgIpc) is 3.06. The molecule has 7 heteroatoms. The van der Waals surface area contributed by atoms with E-state index in [0.29, 0.717) is 18.2 Å². The number of methoxy groups -OCH3 is 1. The molecule has 1 saturated heterocycles. The Morgan fingerprint density at radius 2 is 2.28 bits per heavy atom. The molecule has 0 aromatic carbocycles. The molecule has 1 aliphatic heterocycles. The molecule has 3 aromatic rings. The van der Waals surface area contributed by atoms with Crippen LogP contribution < -0.4 is 10.2 Å². The van der Waals surface area contributed by atoms with Crippen LogP contribution in [0.3, 0.4) is 0 Å². The van der Waals surface area contributed by atoms with E-state index in [9.17, 15) is 4.79 Å². The van der Waals surface area contributed by atoms with Gasteiger partial charge in [0, 0.05) is 43.2 Å². The third-order valence-electron chi connectivity index (χ3n) is 4.76. The van der Waals surface area contributed by atoms with E-state index in [1.165, 1.54) is 7.11 Å². The maximum Gasteiger partial charge on any atom is 0.223 e. The maximum atomic E-state index is 11.9. The second kappa shape index (κ2) is 6.68. The Balaban J connectivity index is 1.51. The monoisotopic (exact) mass is 339 g/mol. The summed E-state index contributed by atoms with van der Waals surface area (Å²) in [6.45, 7) is 2.64. The highest BCUT2D eigenvalue weighted by Gasteiger charge is 2.25. The van der Waals surface area contributed by atoms with Gasteiger partial charge < -0.3 is 9.72 Å². The Kier molecular flexibility index (Phi) is 4.23. The van der Waals surface area contributed by atoms with E-state index in [0.717, 1.165) is 43.1 Å². The summed E-state index contributed by atoms with van der Waals surface area (Å²) in [7, 11) is 1.50. The molecule has 1 N–H and O–H groups in total. The molecule has 1 atom stereocenters. The van der Waals surface area contributed by atoms with Gasteiger partial charge in [0.15, 0.2) is 11.4 Å². The molecule has 130 valence electrons. The van der Waals surface area contributed by atoms with Gasteiger partial charge in [-0.25, -0.2) is 0 Å². The Morgan fingerprint density at radius 1 is 1.36 bits per heavy atom. The smallest absolute Gasteiger partial charge is 0.223 e. The van der Waals surface area contributed by atoms with Gasteiger partial charge in [-0.15, -0.1) is 10.2 Å². The van der Waals surface area contributed by atoms with Crippen LogP contribution in [0.4, 0.5) is 0 Å². The van der Waals surface area contributed by atoms with Crippen molar-refractivity contribution in [2.24, 2.45) is 0 Å². The molecule has 1 aliphatic rings. The summed E-state index contributed by atoms with van der Waals surface area (Å²) in [4.78, 5) is 17.4. The number of piperidine rings is 1. The number of pyridine rings is 2. The van der Waals surface area contributed by atoms with Gasteiger partial charge in [0.2, 0.25) is 5.43 Å². The number of nitrogens with zero attached hydrogens (tertiary/aromatic N) is 4. The zero-order valence-electron chi connectivity index (χ0n) is 14.2. The van der Waals surface area contributed by atoms with Crippen LogP contribution in [0.15, 0.2) is 41.5 Å². The predicted molar refractivity (Wildman–Crippen MR) is 93.9 cm³/mol. The fraction of sp³-hybridized carbons (Fsp3) is 0.389. The maximum absolute atomic E-state index is 11.9. The highest BCUT2D eigenvalue weighted by atomic mass is 16.5. The van der Waals surface area contributed by atoms with E-state index in [-0.39, 0.29) is 5.43 Å². The first-order valence-electron chi connectivity index (χ1n) is 8.52. The molecule has 0 amide bonds. The van der Waals surface area contributed by atoms with Crippen molar-refractivity contribution in [2.45, 2.75) is 25.3 Å². The van der Waals surface area contributed by atoms with E-state index in [2.05, 4.69) is 24.5 Å². The van der Waals surface area contributed by atoms with Gasteiger partial charge in [-0.1, -0.05) is 6.07 Å². The molecular weight excluding hydrogens is 318 g/mol. The summed E-state index contributed by atoms with van der Waals surface area (Å²) in [5.41, 5.74) is 1.69. The standard InChI is InChI=1S/C18H21N5O2/c1-25-16-10-19-14(9-15(16)24)12-22-7-4-5-13(11-22)18-21-20-17-6-2-3-8-23(17)18/h2-3,6,8-10,13H,4-5,7,11-12H2,1H3,(H,19,24). The molecule has 3 aromatic heterocycles. The number of fused-ring (bicyclic) bond motifs is 1. The number of ether oxygens (including phenoxy) is 1. The molecule has 7 nitrogen and oxygen atoms in total. The van der Waals surface area contributed by atoms with Crippen molar-refractivity contribution in [3.8, 4) is 5.75 Å². The molecule has 0 saturated carbocycles. The van der Waals surface area contributed by atoms with Crippen molar-refractivity contribution in [1.82, 2.24) is 24.5 Å². The van der Waals surface area contributed by atoms with Crippen molar-refractivity contribution >= 4 is 5.65 Å². The Bertz CT molecular complexity index is 932. The number of aromatic amines is 1. The van der Waals surface area contributed by atoms with Crippen LogP contribution in [0.25, 0.3) is 5.65 Å². The third kappa shape index (κ3) is 3.15. The van der Waals surface area contributed by atoms with Crippen molar-refractivity contribution in [3.63, 3.8) is 0 Å². The van der Waals surface area contributed by atoms with Crippen molar-refractivity contribution in [2.75, 3.05) is 20.2 Å². The number of hydrogen-bond donors (Lipinski definition) is 1. The average molecular weight is 339 g/mol. The van der Waals surface area contributed by atoms with E-state index < -0.39 is 0 Å². The normalized spacial score (nSPS) is 18.5. The lowest BCUT2D eigenvalue weighted by molar-refractivity contribution is 0.194. The zero-order valence-corrected chi connectivity index (χ0v) is 14.2. The van der Waals surface area contributed by atoms with Gasteiger partial charge in [-0.05, 0) is 31.5 Å². The van der Waals surface area contributed by atoms with Crippen LogP contribution in [0.2, 0.25) is 0 Å². The van der Waals surface area contributed by atoms with Crippen molar-refractivity contribution in [1.29, 1.82) is 0 Å². The van der Waals surface area contributed by atoms with Gasteiger partial charge in [0.25, 0.3) is 0 Å². The Labute approximate surface area is 145 Å². The predicted octanol–water partition coefficient (Wildman–Crippen LogP) is 1.81. The lowest BCUT2D eigenvalue weighted by Crippen LogP contribution is -2.35. The quantitative estimate of drug-likeness (QED) is 0.784. The molecule has 1 fully saturated rings. The van der Waals surface area contributed by atoms with E-state index in [4.69, 9.17) is 4.74 Å². The molecule has 0 bridgehead atoms. The number of aromatic nitrogens is 4. The second-order valence-electron chi connectivity index (χ2n) is 6.45. The van der Waals surface area contributed by atoms with Gasteiger partial charge in [-0.3, -0.25) is 14.1 Å². The van der Waals surface area contributed by atoms with Crippen LogP contribution in [-0.4, -0.2) is 44.7 Å². The lowest BCUT2D eigenvalue weighted by Gasteiger charge is -2.31. The summed E-state index contributed by atoms with van der Waals surface area (Å²) in [5, 5.41) is 8.68. The zero-order chi connectivity index (χ0) is 17.2. The van der Waals surface area contributed by atoms with Crippen LogP contribution in [-0.2, 0) is 6.54 Å². The summed E-state index contributed by atoms with van der Waals surface area (Å²) in [6, 6.07) is 7.57. The number of nitrogens with one attached hydrogen (secondary N) is 1. The first-order chi connectivity index (χ1) is 12.2. The SMILES string of the molecule is COc1c[nH]c(CN2CCCC(c3nnc4ccccn34)C2)cc1=O. The van der Waals surface area contributed by atoms with Crippen LogP contribution in [0.1, 0.15) is 30.3 Å². The summed E-state index contributed by atoms with van der Waals surface area (Å²) in [5.74, 6) is 1.70. The molecule has 0 aliphatic carbocycles. The number of likely N-dealkylation sites (tertiary alicyclic amines) is 1. The first kappa shape index (κ1) is 15.8. The summed E-state index contributed by atoms with van der Waals surface area (Å²) < 4.78 is 7.09. The van der Waals surface area contributed by atoms with Gasteiger partial charge in [0.1, 0.15) is 5.82 Å². The highest BCUT2D eigenvalue weighted by molar-refractivity contribution is 5.37. The van der Waals surface area contributed by atoms with Gasteiger partial charge in [-0.2, -0.15) is 0 Å². The van der Waals surface area contributed by atoms with Crippen molar-refractivity contribution < 1.29 is 4.74 Å². The molecule has 4 heterocycles. The number of hydrogen-bond acceptors (Lipinski definition) is 5. The third-order valence-corrected chi connectivity index (χ3v) is 4.76. The molecular formula is C18H21N5O2. The molecule has 4 rings (SSSR count). The fourth-order valence-corrected chi connectivity index (χ4v) is 3.54. The summed E-state index contributed by atoms with van der Waals surface area (Å²) >= 11 is 0. The second-order valence-corrected chi connectivity index (χ2v) is 6.45. The van der Waals surface area contributed by atoms with Gasteiger partial charge >= 0.3 is 0 Å². The topological polar surface area (TPSA) is 75.5 Å². The molecule has 25 heavy (non-hydrogen) atoms. The Morgan fingerprint density at radius 3 is 3.12 bits per heavy atom. The molecule has 1 unspecified atom stereocenters. The van der Waals surface area contributed by atoms with E-state index >= 15 is 0 Å². The summed E-state index contributed by atoms with van der Waals surface area (Å²) in [6.07, 6.45) is 5.85. The van der Waals surface area contributed by atoms with Gasteiger partial charge in [0.05, 0.1) is 7.11 Å². The first-order valence-corrected chi connectivity index (χ1v) is 8.52. The van der Waals surface area contributed by atoms with E-state index in [1.807, 2.05) is 24.4 Å². The number of H-pyrrole nitrogens is 1.